The molecule has 146 valence electrons. The zero-order chi connectivity index (χ0) is 19.8. The third kappa shape index (κ3) is 3.56. The van der Waals surface area contributed by atoms with Gasteiger partial charge in [-0.25, -0.2) is 19.0 Å². The number of rotatable bonds is 4. The number of hydrogen-bond donors (Lipinski definition) is 0. The van der Waals surface area contributed by atoms with Gasteiger partial charge < -0.3 is 4.42 Å². The summed E-state index contributed by atoms with van der Waals surface area (Å²) >= 11 is 0. The molecule has 0 saturated carbocycles. The molecule has 0 atom stereocenters. The van der Waals surface area contributed by atoms with Gasteiger partial charge in [-0.3, -0.25) is 4.90 Å². The van der Waals surface area contributed by atoms with Crippen molar-refractivity contribution in [3.63, 3.8) is 0 Å². The van der Waals surface area contributed by atoms with Gasteiger partial charge in [0.2, 0.25) is 0 Å². The van der Waals surface area contributed by atoms with Crippen molar-refractivity contribution in [2.45, 2.75) is 26.4 Å². The van der Waals surface area contributed by atoms with Gasteiger partial charge in [0, 0.05) is 49.6 Å². The molecule has 0 aliphatic carbocycles. The van der Waals surface area contributed by atoms with Gasteiger partial charge in [-0.05, 0) is 43.3 Å². The second kappa shape index (κ2) is 7.25. The minimum atomic E-state index is -0.248. The molecule has 5 rings (SSSR count). The van der Waals surface area contributed by atoms with Crippen LogP contribution in [0.3, 0.4) is 0 Å². The number of aryl methyl sites for hydroxylation is 1. The lowest BCUT2D eigenvalue weighted by molar-refractivity contribution is 0.242. The van der Waals surface area contributed by atoms with Crippen molar-refractivity contribution < 1.29 is 8.81 Å². The molecule has 1 aliphatic heterocycles. The number of aromatic nitrogens is 4. The van der Waals surface area contributed by atoms with Crippen LogP contribution in [0.5, 0.6) is 0 Å². The molecule has 3 aromatic heterocycles. The first-order chi connectivity index (χ1) is 14.2. The Morgan fingerprint density at radius 3 is 2.83 bits per heavy atom. The Balaban J connectivity index is 1.32. The number of halogens is 1. The fraction of sp³-hybridized carbons (Fsp3) is 0.227. The van der Waals surface area contributed by atoms with Crippen molar-refractivity contribution >= 4 is 0 Å². The highest BCUT2D eigenvalue weighted by molar-refractivity contribution is 5.47. The highest BCUT2D eigenvalue weighted by atomic mass is 19.1. The van der Waals surface area contributed by atoms with Crippen molar-refractivity contribution in [2.75, 3.05) is 6.54 Å². The third-order valence-corrected chi connectivity index (χ3v) is 5.24. The van der Waals surface area contributed by atoms with Crippen molar-refractivity contribution in [3.05, 3.63) is 83.4 Å². The van der Waals surface area contributed by atoms with E-state index in [2.05, 4.69) is 20.0 Å². The Labute approximate surface area is 167 Å². The molecule has 1 aliphatic rings. The molecule has 0 amide bonds. The van der Waals surface area contributed by atoms with E-state index >= 15 is 0 Å². The van der Waals surface area contributed by atoms with Crippen LogP contribution < -0.4 is 0 Å². The van der Waals surface area contributed by atoms with Gasteiger partial charge in [-0.2, -0.15) is 5.10 Å². The molecule has 0 fully saturated rings. The van der Waals surface area contributed by atoms with Crippen LogP contribution in [0.2, 0.25) is 0 Å². The first kappa shape index (κ1) is 17.8. The van der Waals surface area contributed by atoms with E-state index in [1.165, 1.54) is 12.1 Å². The maximum Gasteiger partial charge on any atom is 0.195 e. The lowest BCUT2D eigenvalue weighted by atomic mass is 10.1. The van der Waals surface area contributed by atoms with Gasteiger partial charge >= 0.3 is 0 Å². The highest BCUT2D eigenvalue weighted by Gasteiger charge is 2.21. The summed E-state index contributed by atoms with van der Waals surface area (Å²) in [5, 5.41) is 4.59. The molecule has 0 spiro atoms. The van der Waals surface area contributed by atoms with Crippen molar-refractivity contribution in [1.29, 1.82) is 0 Å². The summed E-state index contributed by atoms with van der Waals surface area (Å²) in [4.78, 5) is 11.5. The Bertz CT molecular complexity index is 1130. The Morgan fingerprint density at radius 2 is 2.03 bits per heavy atom. The summed E-state index contributed by atoms with van der Waals surface area (Å²) in [5.41, 5.74) is 5.22. The average molecular weight is 389 g/mol. The number of furan rings is 1. The van der Waals surface area contributed by atoms with Crippen LogP contribution in [0, 0.1) is 12.7 Å². The summed E-state index contributed by atoms with van der Waals surface area (Å²) in [6.45, 7) is 4.52. The fourth-order valence-electron chi connectivity index (χ4n) is 3.65. The minimum Gasteiger partial charge on any atom is -0.461 e. The van der Waals surface area contributed by atoms with Gasteiger partial charge in [0.1, 0.15) is 5.82 Å². The van der Waals surface area contributed by atoms with Crippen molar-refractivity contribution in [2.24, 2.45) is 0 Å². The SMILES string of the molecule is Cc1nn(-c2ccc(F)cc2)cc1CN1CCc2nc(-c3ccco3)ncc2C1. The largest absolute Gasteiger partial charge is 0.461 e. The first-order valence-corrected chi connectivity index (χ1v) is 9.58. The molecule has 0 saturated heterocycles. The molecular formula is C22H20FN5O. The van der Waals surface area contributed by atoms with E-state index in [1.807, 2.05) is 31.5 Å². The molecule has 0 N–H and O–H groups in total. The summed E-state index contributed by atoms with van der Waals surface area (Å²) in [5.74, 6) is 1.08. The summed E-state index contributed by atoms with van der Waals surface area (Å²) in [6.07, 6.45) is 6.43. The monoisotopic (exact) mass is 389 g/mol. The zero-order valence-electron chi connectivity index (χ0n) is 16.0. The first-order valence-electron chi connectivity index (χ1n) is 9.58. The summed E-state index contributed by atoms with van der Waals surface area (Å²) in [7, 11) is 0. The standard InChI is InChI=1S/C22H20FN5O/c1-15-17(14-28(26-15)19-6-4-18(23)5-7-19)13-27-9-8-20-16(12-27)11-24-22(25-20)21-3-2-10-29-21/h2-7,10-11,14H,8-9,12-13H2,1H3. The van der Waals surface area contributed by atoms with E-state index in [0.29, 0.717) is 11.6 Å². The predicted octanol–water partition coefficient (Wildman–Crippen LogP) is 3.93. The van der Waals surface area contributed by atoms with Crippen LogP contribution in [-0.4, -0.2) is 31.2 Å². The summed E-state index contributed by atoms with van der Waals surface area (Å²) < 4.78 is 20.4. The molecule has 6 nitrogen and oxygen atoms in total. The van der Waals surface area contributed by atoms with Gasteiger partial charge in [0.05, 0.1) is 23.3 Å². The second-order valence-electron chi connectivity index (χ2n) is 7.26. The van der Waals surface area contributed by atoms with Crippen LogP contribution in [0.25, 0.3) is 17.3 Å². The molecule has 0 bridgehead atoms. The maximum atomic E-state index is 13.2. The minimum absolute atomic E-state index is 0.248. The van der Waals surface area contributed by atoms with Crippen molar-refractivity contribution in [1.82, 2.24) is 24.6 Å². The van der Waals surface area contributed by atoms with Crippen LogP contribution in [0.1, 0.15) is 22.5 Å². The number of nitrogens with zero attached hydrogens (tertiary/aromatic N) is 5. The zero-order valence-corrected chi connectivity index (χ0v) is 16.0. The molecular weight excluding hydrogens is 369 g/mol. The van der Waals surface area contributed by atoms with Crippen LogP contribution in [0.15, 0.2) is 59.5 Å². The smallest absolute Gasteiger partial charge is 0.195 e. The lowest BCUT2D eigenvalue weighted by Crippen LogP contribution is -2.31. The second-order valence-corrected chi connectivity index (χ2v) is 7.26. The van der Waals surface area contributed by atoms with Crippen molar-refractivity contribution in [3.8, 4) is 17.3 Å². The number of hydrogen-bond acceptors (Lipinski definition) is 5. The van der Waals surface area contributed by atoms with E-state index in [9.17, 15) is 4.39 Å². The molecule has 1 aromatic carbocycles. The fourth-order valence-corrected chi connectivity index (χ4v) is 3.65. The Hall–Kier alpha value is -3.32. The maximum absolute atomic E-state index is 13.2. The highest BCUT2D eigenvalue weighted by Crippen LogP contribution is 2.23. The molecule has 7 heteroatoms. The normalized spacial score (nSPS) is 14.1. The third-order valence-electron chi connectivity index (χ3n) is 5.24. The average Bonchev–Trinajstić information content (AvgIpc) is 3.39. The lowest BCUT2D eigenvalue weighted by Gasteiger charge is -2.27. The Kier molecular flexibility index (Phi) is 4.44. The molecule has 29 heavy (non-hydrogen) atoms. The molecule has 4 heterocycles. The number of fused-ring (bicyclic) bond motifs is 1. The molecule has 0 unspecified atom stereocenters. The van der Waals surface area contributed by atoms with Crippen LogP contribution in [-0.2, 0) is 19.5 Å². The van der Waals surface area contributed by atoms with Gasteiger partial charge in [-0.15, -0.1) is 0 Å². The van der Waals surface area contributed by atoms with Gasteiger partial charge in [-0.1, -0.05) is 0 Å². The van der Waals surface area contributed by atoms with E-state index < -0.39 is 0 Å². The molecule has 0 radical (unpaired) electrons. The van der Waals surface area contributed by atoms with E-state index in [1.54, 1.807) is 23.1 Å². The van der Waals surface area contributed by atoms with Gasteiger partial charge in [0.25, 0.3) is 0 Å². The predicted molar refractivity (Wildman–Crippen MR) is 106 cm³/mol. The molecule has 4 aromatic rings. The van der Waals surface area contributed by atoms with Crippen LogP contribution >= 0.6 is 0 Å². The quantitative estimate of drug-likeness (QED) is 0.529. The van der Waals surface area contributed by atoms with E-state index in [4.69, 9.17) is 4.42 Å². The van der Waals surface area contributed by atoms with E-state index in [0.717, 1.165) is 54.3 Å². The number of benzene rings is 1. The van der Waals surface area contributed by atoms with Gasteiger partial charge in [0.15, 0.2) is 11.6 Å². The topological polar surface area (TPSA) is 60.0 Å². The summed E-state index contributed by atoms with van der Waals surface area (Å²) in [6, 6.07) is 10.1. The van der Waals surface area contributed by atoms with Crippen LogP contribution in [0.4, 0.5) is 4.39 Å². The Morgan fingerprint density at radius 1 is 1.17 bits per heavy atom. The van der Waals surface area contributed by atoms with E-state index in [-0.39, 0.29) is 5.82 Å².